The van der Waals surface area contributed by atoms with Crippen LogP contribution in [0.5, 0.6) is 0 Å². The van der Waals surface area contributed by atoms with Gasteiger partial charge in [-0.2, -0.15) is 0 Å². The predicted octanol–water partition coefficient (Wildman–Crippen LogP) is 2.52. The van der Waals surface area contributed by atoms with E-state index in [4.69, 9.17) is 12.2 Å². The summed E-state index contributed by atoms with van der Waals surface area (Å²) in [5.74, 6) is 0.729. The summed E-state index contributed by atoms with van der Waals surface area (Å²) < 4.78 is 0. The molecule has 2 rings (SSSR count). The van der Waals surface area contributed by atoms with Crippen molar-refractivity contribution in [3.63, 3.8) is 0 Å². The number of rotatable bonds is 4. The van der Waals surface area contributed by atoms with Gasteiger partial charge >= 0.3 is 0 Å². The molecule has 0 spiro atoms. The highest BCUT2D eigenvalue weighted by molar-refractivity contribution is 7.80. The van der Waals surface area contributed by atoms with Crippen LogP contribution in [0.3, 0.4) is 0 Å². The summed E-state index contributed by atoms with van der Waals surface area (Å²) >= 11 is 5.32. The van der Waals surface area contributed by atoms with E-state index in [-0.39, 0.29) is 5.78 Å². The van der Waals surface area contributed by atoms with Gasteiger partial charge in [0.1, 0.15) is 0 Å². The van der Waals surface area contributed by atoms with Gasteiger partial charge in [-0.25, -0.2) is 0 Å². The zero-order valence-corrected chi connectivity index (χ0v) is 13.5. The van der Waals surface area contributed by atoms with Crippen LogP contribution in [0.25, 0.3) is 0 Å². The van der Waals surface area contributed by atoms with Gasteiger partial charge < -0.3 is 15.5 Å². The molecule has 1 heterocycles. The highest BCUT2D eigenvalue weighted by Gasteiger charge is 2.16. The summed E-state index contributed by atoms with van der Waals surface area (Å²) in [6, 6.07) is 7.37. The van der Waals surface area contributed by atoms with Crippen molar-refractivity contribution in [2.75, 3.05) is 32.0 Å². The smallest absolute Gasteiger partial charge is 0.170 e. The molecular formula is C16H23N3OS. The number of ketones is 1. The standard InChI is InChI=1S/C16H23N3OS/c1-12(20)14-5-7-15(8-6-14)18-16(21)17-10-13-4-3-9-19(2)11-13/h5-8,13H,3-4,9-11H2,1-2H3,(H2,17,18,21)/t13-/m0/s1. The van der Waals surface area contributed by atoms with Gasteiger partial charge in [0, 0.05) is 24.3 Å². The van der Waals surface area contributed by atoms with Crippen molar-refractivity contribution in [3.8, 4) is 0 Å². The lowest BCUT2D eigenvalue weighted by Gasteiger charge is -2.30. The second-order valence-corrected chi connectivity index (χ2v) is 6.15. The van der Waals surface area contributed by atoms with Crippen LogP contribution >= 0.6 is 12.2 Å². The molecule has 0 aromatic heterocycles. The van der Waals surface area contributed by atoms with Crippen molar-refractivity contribution >= 4 is 28.8 Å². The molecule has 1 fully saturated rings. The predicted molar refractivity (Wildman–Crippen MR) is 90.9 cm³/mol. The summed E-state index contributed by atoms with van der Waals surface area (Å²) in [5.41, 5.74) is 1.61. The maximum Gasteiger partial charge on any atom is 0.170 e. The SMILES string of the molecule is CC(=O)c1ccc(NC(=S)NC[C@@H]2CCCN(C)C2)cc1. The quantitative estimate of drug-likeness (QED) is 0.661. The number of anilines is 1. The third-order valence-corrected chi connectivity index (χ3v) is 4.07. The van der Waals surface area contributed by atoms with E-state index >= 15 is 0 Å². The Morgan fingerprint density at radius 2 is 2.10 bits per heavy atom. The fourth-order valence-corrected chi connectivity index (χ4v) is 2.84. The Morgan fingerprint density at radius 1 is 1.38 bits per heavy atom. The van der Waals surface area contributed by atoms with Gasteiger partial charge in [-0.1, -0.05) is 0 Å². The van der Waals surface area contributed by atoms with Gasteiger partial charge in [-0.15, -0.1) is 0 Å². The van der Waals surface area contributed by atoms with Crippen molar-refractivity contribution in [1.29, 1.82) is 0 Å². The lowest BCUT2D eigenvalue weighted by Crippen LogP contribution is -2.40. The van der Waals surface area contributed by atoms with Gasteiger partial charge in [-0.05, 0) is 75.8 Å². The van der Waals surface area contributed by atoms with Crippen LogP contribution in [-0.2, 0) is 0 Å². The van der Waals surface area contributed by atoms with Crippen LogP contribution in [0, 0.1) is 5.92 Å². The fourth-order valence-electron chi connectivity index (χ4n) is 2.64. The van der Waals surface area contributed by atoms with Gasteiger partial charge in [0.15, 0.2) is 10.9 Å². The van der Waals surface area contributed by atoms with Crippen molar-refractivity contribution in [3.05, 3.63) is 29.8 Å². The molecule has 1 aromatic rings. The van der Waals surface area contributed by atoms with Crippen LogP contribution in [0.15, 0.2) is 24.3 Å². The molecule has 4 nitrogen and oxygen atoms in total. The topological polar surface area (TPSA) is 44.4 Å². The molecule has 0 bridgehead atoms. The summed E-state index contributed by atoms with van der Waals surface area (Å²) in [6.07, 6.45) is 2.52. The third-order valence-electron chi connectivity index (χ3n) is 3.82. The molecule has 5 heteroatoms. The number of Topliss-reactive ketones (excluding diaryl/α,β-unsaturated/α-hetero) is 1. The Morgan fingerprint density at radius 3 is 2.71 bits per heavy atom. The molecule has 1 aliphatic heterocycles. The third kappa shape index (κ3) is 5.10. The van der Waals surface area contributed by atoms with E-state index in [0.29, 0.717) is 16.6 Å². The van der Waals surface area contributed by atoms with Gasteiger partial charge in [0.05, 0.1) is 0 Å². The van der Waals surface area contributed by atoms with Crippen LogP contribution in [0.1, 0.15) is 30.1 Å². The number of carbonyl (C=O) groups excluding carboxylic acids is 1. The van der Waals surface area contributed by atoms with E-state index < -0.39 is 0 Å². The number of thiocarbonyl (C=S) groups is 1. The second-order valence-electron chi connectivity index (χ2n) is 5.74. The zero-order chi connectivity index (χ0) is 15.2. The highest BCUT2D eigenvalue weighted by atomic mass is 32.1. The number of benzene rings is 1. The van der Waals surface area contributed by atoms with Crippen molar-refractivity contribution in [1.82, 2.24) is 10.2 Å². The first-order chi connectivity index (χ1) is 10.0. The Labute approximate surface area is 131 Å². The monoisotopic (exact) mass is 305 g/mol. The molecule has 1 aliphatic rings. The van der Waals surface area contributed by atoms with Crippen LogP contribution < -0.4 is 10.6 Å². The van der Waals surface area contributed by atoms with E-state index in [1.165, 1.54) is 19.4 Å². The minimum absolute atomic E-state index is 0.0728. The normalized spacial score (nSPS) is 19.0. The average molecular weight is 305 g/mol. The number of carbonyl (C=O) groups is 1. The van der Waals surface area contributed by atoms with Crippen LogP contribution in [0.4, 0.5) is 5.69 Å². The van der Waals surface area contributed by atoms with E-state index in [1.807, 2.05) is 24.3 Å². The van der Waals surface area contributed by atoms with E-state index in [2.05, 4.69) is 22.6 Å². The second kappa shape index (κ2) is 7.52. The summed E-state index contributed by atoms with van der Waals surface area (Å²) in [4.78, 5) is 13.6. The average Bonchev–Trinajstić information content (AvgIpc) is 2.46. The van der Waals surface area contributed by atoms with Crippen LogP contribution in [-0.4, -0.2) is 42.5 Å². The first kappa shape index (κ1) is 15.9. The number of hydrogen-bond acceptors (Lipinski definition) is 3. The largest absolute Gasteiger partial charge is 0.362 e. The molecule has 0 unspecified atom stereocenters. The minimum Gasteiger partial charge on any atom is -0.362 e. The fraction of sp³-hybridized carbons (Fsp3) is 0.500. The molecule has 21 heavy (non-hydrogen) atoms. The number of likely N-dealkylation sites (tertiary alicyclic amines) is 1. The maximum absolute atomic E-state index is 11.2. The van der Waals surface area contributed by atoms with Crippen molar-refractivity contribution in [2.24, 2.45) is 5.92 Å². The van der Waals surface area contributed by atoms with E-state index in [9.17, 15) is 4.79 Å². The molecule has 0 aliphatic carbocycles. The van der Waals surface area contributed by atoms with Crippen molar-refractivity contribution < 1.29 is 4.79 Å². The maximum atomic E-state index is 11.2. The van der Waals surface area contributed by atoms with Gasteiger partial charge in [0.25, 0.3) is 0 Å². The Bertz CT molecular complexity index is 501. The molecule has 1 atom stereocenters. The Balaban J connectivity index is 1.77. The number of piperidine rings is 1. The molecular weight excluding hydrogens is 282 g/mol. The first-order valence-electron chi connectivity index (χ1n) is 7.39. The minimum atomic E-state index is 0.0728. The van der Waals surface area contributed by atoms with Gasteiger partial charge in [-0.3, -0.25) is 4.79 Å². The Kier molecular flexibility index (Phi) is 5.70. The molecule has 0 radical (unpaired) electrons. The molecule has 1 saturated heterocycles. The number of nitrogens with one attached hydrogen (secondary N) is 2. The molecule has 0 amide bonds. The zero-order valence-electron chi connectivity index (χ0n) is 12.7. The summed E-state index contributed by atoms with van der Waals surface area (Å²) in [6.45, 7) is 4.79. The highest BCUT2D eigenvalue weighted by Crippen LogP contribution is 2.14. The lowest BCUT2D eigenvalue weighted by atomic mass is 9.99. The first-order valence-corrected chi connectivity index (χ1v) is 7.80. The molecule has 114 valence electrons. The summed E-state index contributed by atoms with van der Waals surface area (Å²) in [5, 5.41) is 7.08. The van der Waals surface area contributed by atoms with Gasteiger partial charge in [0.2, 0.25) is 0 Å². The molecule has 1 aromatic carbocycles. The lowest BCUT2D eigenvalue weighted by molar-refractivity contribution is 0.101. The molecule has 2 N–H and O–H groups in total. The summed E-state index contributed by atoms with van der Waals surface area (Å²) in [7, 11) is 2.17. The van der Waals surface area contributed by atoms with E-state index in [0.717, 1.165) is 18.8 Å². The van der Waals surface area contributed by atoms with E-state index in [1.54, 1.807) is 6.92 Å². The Hall–Kier alpha value is -1.46. The van der Waals surface area contributed by atoms with Crippen molar-refractivity contribution in [2.45, 2.75) is 19.8 Å². The number of hydrogen-bond donors (Lipinski definition) is 2. The van der Waals surface area contributed by atoms with Crippen LogP contribution in [0.2, 0.25) is 0 Å². The number of nitrogens with zero attached hydrogens (tertiary/aromatic N) is 1. The molecule has 0 saturated carbocycles.